The van der Waals surface area contributed by atoms with E-state index in [1.54, 1.807) is 0 Å². The van der Waals surface area contributed by atoms with Crippen molar-refractivity contribution in [3.8, 4) is 5.82 Å². The van der Waals surface area contributed by atoms with Crippen molar-refractivity contribution in [2.45, 2.75) is 5.66 Å². The Hall–Kier alpha value is -7.34. The van der Waals surface area contributed by atoms with E-state index in [0.717, 1.165) is 0 Å². The van der Waals surface area contributed by atoms with Crippen LogP contribution in [0, 0.1) is 0 Å². The van der Waals surface area contributed by atoms with Crippen LogP contribution < -0.4 is 29.9 Å². The number of benzene rings is 8. The lowest BCUT2D eigenvalue weighted by Gasteiger charge is -2.45. The summed E-state index contributed by atoms with van der Waals surface area (Å²) in [4.78, 5) is 0. The van der Waals surface area contributed by atoms with Crippen LogP contribution in [0.2, 0.25) is 0 Å². The molecule has 266 valence electrons. The van der Waals surface area contributed by atoms with Crippen molar-refractivity contribution in [2.75, 3.05) is 0 Å². The Bertz CT molecular complexity index is 3820. The molecule has 4 aromatic heterocycles. The standard InChI is InChI=1S/C53H32N4Si/c1-3-15-33(16-4-1)58(34-17-5-2-6-18-34)43-29-27-41-46-38-22-9-7-19-35(38)36-20-8-10-23-39(36)50(46)54-31-32-56-52(54)47(41)48(43)53(56)49-44(58)28-26-40-37-21-11-12-24-42(37)57(51(40)49)45-25-13-14-30-55(45)53/h1-32H/q+2. The zero-order chi connectivity index (χ0) is 37.5. The SMILES string of the molecule is c1ccc([Si]2(c3ccccc3)c3ccc4c5c3C3(c6c2ccc2c7ccccc7n(c62)-c2cccc[n+]23)[n+]2ccn(c3c6ccccc6c6ccccc6c43)c52)cc1. The van der Waals surface area contributed by atoms with E-state index < -0.39 is 13.7 Å². The number of rotatable bonds is 2. The normalized spacial score (nSPS) is 16.8. The largest absolute Gasteiger partial charge is 0.311 e. The number of fused-ring (bicyclic) bond motifs is 13. The number of imidazole rings is 1. The lowest BCUT2D eigenvalue weighted by molar-refractivity contribution is -0.956. The third-order valence-electron chi connectivity index (χ3n) is 14.2. The molecule has 0 saturated carbocycles. The summed E-state index contributed by atoms with van der Waals surface area (Å²) >= 11 is 0. The van der Waals surface area contributed by atoms with Gasteiger partial charge < -0.3 is 0 Å². The highest BCUT2D eigenvalue weighted by molar-refractivity contribution is 7.20. The first-order valence-corrected chi connectivity index (χ1v) is 22.3. The Morgan fingerprint density at radius 2 is 1.00 bits per heavy atom. The summed E-state index contributed by atoms with van der Waals surface area (Å²) in [6, 6.07) is 66.9. The lowest BCUT2D eigenvalue weighted by Crippen LogP contribution is -2.86. The lowest BCUT2D eigenvalue weighted by atomic mass is 9.85. The average Bonchev–Trinajstić information content (AvgIpc) is 3.98. The van der Waals surface area contributed by atoms with Crippen LogP contribution in [0.1, 0.15) is 11.1 Å². The molecular formula is C53H32N4Si+2. The van der Waals surface area contributed by atoms with Crippen molar-refractivity contribution in [3.63, 3.8) is 0 Å². The second-order valence-electron chi connectivity index (χ2n) is 16.4. The summed E-state index contributed by atoms with van der Waals surface area (Å²) in [5.74, 6) is 1.18. The summed E-state index contributed by atoms with van der Waals surface area (Å²) in [5, 5.41) is 17.5. The topological polar surface area (TPSA) is 17.1 Å². The fourth-order valence-corrected chi connectivity index (χ4v) is 17.6. The Labute approximate surface area is 333 Å². The Morgan fingerprint density at radius 1 is 0.414 bits per heavy atom. The predicted octanol–water partition coefficient (Wildman–Crippen LogP) is 7.84. The molecular weight excluding hydrogens is 721 g/mol. The Balaban J connectivity index is 1.29. The van der Waals surface area contributed by atoms with Crippen molar-refractivity contribution in [1.82, 2.24) is 8.97 Å². The molecule has 0 N–H and O–H groups in total. The maximum Gasteiger partial charge on any atom is 0.311 e. The van der Waals surface area contributed by atoms with E-state index in [2.05, 4.69) is 213 Å². The number of hydrogen-bond acceptors (Lipinski definition) is 0. The van der Waals surface area contributed by atoms with E-state index in [-0.39, 0.29) is 0 Å². The summed E-state index contributed by atoms with van der Waals surface area (Å²) < 4.78 is 10.4. The first-order chi connectivity index (χ1) is 28.8. The third-order valence-corrected chi connectivity index (χ3v) is 19.0. The highest BCUT2D eigenvalue weighted by Crippen LogP contribution is 2.51. The van der Waals surface area contributed by atoms with Gasteiger partial charge in [0.2, 0.25) is 0 Å². The minimum atomic E-state index is -3.00. The number of nitrogens with zero attached hydrogens (tertiary/aromatic N) is 4. The van der Waals surface area contributed by atoms with Crippen LogP contribution in [0.25, 0.3) is 76.5 Å². The maximum absolute atomic E-state index is 3.00. The van der Waals surface area contributed by atoms with E-state index in [4.69, 9.17) is 0 Å². The van der Waals surface area contributed by atoms with Gasteiger partial charge in [-0.25, -0.2) is 0 Å². The van der Waals surface area contributed by atoms with Gasteiger partial charge in [-0.1, -0.05) is 146 Å². The van der Waals surface area contributed by atoms with Crippen molar-refractivity contribution < 1.29 is 9.13 Å². The first kappa shape index (κ1) is 29.9. The molecule has 1 atom stereocenters. The second-order valence-corrected chi connectivity index (χ2v) is 20.1. The van der Waals surface area contributed by atoms with Crippen molar-refractivity contribution in [1.29, 1.82) is 0 Å². The predicted molar refractivity (Wildman–Crippen MR) is 237 cm³/mol. The van der Waals surface area contributed by atoms with Gasteiger partial charge in [0.25, 0.3) is 11.5 Å². The monoisotopic (exact) mass is 752 g/mol. The van der Waals surface area contributed by atoms with Gasteiger partial charge >= 0.3 is 5.66 Å². The molecule has 4 nitrogen and oxygen atoms in total. The van der Waals surface area contributed by atoms with Crippen molar-refractivity contribution in [2.24, 2.45) is 0 Å². The highest BCUT2D eigenvalue weighted by Gasteiger charge is 2.68. The van der Waals surface area contributed by atoms with Gasteiger partial charge in [0, 0.05) is 33.0 Å². The fourth-order valence-electron chi connectivity index (χ4n) is 12.3. The van der Waals surface area contributed by atoms with Crippen LogP contribution in [0.5, 0.6) is 0 Å². The van der Waals surface area contributed by atoms with Gasteiger partial charge in [-0.3, -0.25) is 0 Å². The third kappa shape index (κ3) is 3.01. The molecule has 7 heterocycles. The van der Waals surface area contributed by atoms with Crippen LogP contribution in [0.4, 0.5) is 0 Å². The zero-order valence-electron chi connectivity index (χ0n) is 31.3. The Morgan fingerprint density at radius 3 is 1.76 bits per heavy atom. The van der Waals surface area contributed by atoms with E-state index in [1.165, 1.54) is 108 Å². The molecule has 5 heteroatoms. The zero-order valence-corrected chi connectivity index (χ0v) is 32.3. The molecule has 0 bridgehead atoms. The maximum atomic E-state index is 2.66. The van der Waals surface area contributed by atoms with Crippen LogP contribution in [-0.2, 0) is 5.66 Å². The number of hydrogen-bond donors (Lipinski definition) is 0. The summed E-state index contributed by atoms with van der Waals surface area (Å²) in [7, 11) is -3.00. The summed E-state index contributed by atoms with van der Waals surface area (Å²) in [6.07, 6.45) is 7.10. The van der Waals surface area contributed by atoms with E-state index in [9.17, 15) is 0 Å². The molecule has 58 heavy (non-hydrogen) atoms. The molecule has 1 spiro atoms. The molecule has 3 aliphatic heterocycles. The highest BCUT2D eigenvalue weighted by atomic mass is 28.3. The molecule has 0 fully saturated rings. The molecule has 0 radical (unpaired) electrons. The number of aromatic nitrogens is 4. The van der Waals surface area contributed by atoms with E-state index in [1.807, 2.05) is 0 Å². The summed E-state index contributed by atoms with van der Waals surface area (Å²) in [5.41, 5.74) is 7.20. The summed E-state index contributed by atoms with van der Waals surface area (Å²) in [6.45, 7) is 0. The van der Waals surface area contributed by atoms with Crippen LogP contribution >= 0.6 is 0 Å². The molecule has 12 aromatic rings. The van der Waals surface area contributed by atoms with Crippen molar-refractivity contribution >= 4 is 99.5 Å². The molecule has 1 unspecified atom stereocenters. The van der Waals surface area contributed by atoms with Gasteiger partial charge in [0.05, 0.1) is 22.7 Å². The van der Waals surface area contributed by atoms with Gasteiger partial charge in [0.15, 0.2) is 13.6 Å². The molecule has 0 amide bonds. The van der Waals surface area contributed by atoms with Gasteiger partial charge in [-0.2, -0.15) is 18.1 Å². The van der Waals surface area contributed by atoms with Gasteiger partial charge in [0.1, 0.15) is 23.4 Å². The first-order valence-electron chi connectivity index (χ1n) is 20.3. The quantitative estimate of drug-likeness (QED) is 0.0974. The number of pyridine rings is 2. The fraction of sp³-hybridized carbons (Fsp3) is 0.0189. The Kier molecular flexibility index (Phi) is 5.13. The smallest absolute Gasteiger partial charge is 0.194 e. The minimum Gasteiger partial charge on any atom is -0.194 e. The second kappa shape index (κ2) is 9.96. The van der Waals surface area contributed by atoms with E-state index in [0.29, 0.717) is 0 Å². The van der Waals surface area contributed by atoms with Crippen LogP contribution in [-0.4, -0.2) is 17.0 Å². The van der Waals surface area contributed by atoms with Crippen molar-refractivity contribution in [3.05, 3.63) is 206 Å². The van der Waals surface area contributed by atoms with Crippen LogP contribution in [0.3, 0.4) is 0 Å². The number of para-hydroxylation sites is 1. The average molecular weight is 753 g/mol. The molecule has 0 aliphatic carbocycles. The molecule has 15 rings (SSSR count). The van der Waals surface area contributed by atoms with Gasteiger partial charge in [-0.15, -0.1) is 0 Å². The molecule has 0 saturated heterocycles. The molecule has 8 aromatic carbocycles. The van der Waals surface area contributed by atoms with Crippen LogP contribution in [0.15, 0.2) is 195 Å². The minimum absolute atomic E-state index is 0.690. The van der Waals surface area contributed by atoms with E-state index >= 15 is 0 Å². The molecule has 3 aliphatic rings. The van der Waals surface area contributed by atoms with Gasteiger partial charge in [-0.05, 0) is 61.2 Å².